The van der Waals surface area contributed by atoms with Crippen LogP contribution in [0.15, 0.2) is 47.2 Å². The smallest absolute Gasteiger partial charge is 0.227 e. The first kappa shape index (κ1) is 20.7. The van der Waals surface area contributed by atoms with Gasteiger partial charge in [-0.2, -0.15) is 0 Å². The van der Waals surface area contributed by atoms with Crippen molar-refractivity contribution in [3.63, 3.8) is 0 Å². The Morgan fingerprint density at radius 2 is 2.17 bits per heavy atom. The molecule has 1 aliphatic heterocycles. The van der Waals surface area contributed by atoms with Crippen LogP contribution in [0, 0.1) is 11.7 Å². The molecule has 1 aromatic carbocycles. The van der Waals surface area contributed by atoms with Crippen LogP contribution in [-0.4, -0.2) is 40.2 Å². The SMILES string of the molecule is CN(Cc1csc(-c2cccs2)n1)C(=O)[C@H]1CCC(=O)N(Cc2cccc(F)c2)C1. The molecule has 0 aliphatic carbocycles. The van der Waals surface area contributed by atoms with Crippen LogP contribution in [0.4, 0.5) is 4.39 Å². The van der Waals surface area contributed by atoms with Gasteiger partial charge in [0, 0.05) is 31.9 Å². The van der Waals surface area contributed by atoms with E-state index in [1.807, 2.05) is 22.9 Å². The average molecular weight is 444 g/mol. The summed E-state index contributed by atoms with van der Waals surface area (Å²) in [5.41, 5.74) is 1.59. The van der Waals surface area contributed by atoms with Crippen molar-refractivity contribution in [1.29, 1.82) is 0 Å². The number of piperidine rings is 1. The van der Waals surface area contributed by atoms with Gasteiger partial charge in [-0.25, -0.2) is 9.37 Å². The van der Waals surface area contributed by atoms with Crippen LogP contribution in [0.5, 0.6) is 0 Å². The van der Waals surface area contributed by atoms with Crippen LogP contribution < -0.4 is 0 Å². The Balaban J connectivity index is 1.38. The lowest BCUT2D eigenvalue weighted by molar-refractivity contribution is -0.143. The van der Waals surface area contributed by atoms with Crippen molar-refractivity contribution in [3.8, 4) is 9.88 Å². The Morgan fingerprint density at radius 3 is 2.93 bits per heavy atom. The summed E-state index contributed by atoms with van der Waals surface area (Å²) in [5, 5.41) is 4.97. The fourth-order valence-corrected chi connectivity index (χ4v) is 5.28. The van der Waals surface area contributed by atoms with Gasteiger partial charge in [0.2, 0.25) is 11.8 Å². The summed E-state index contributed by atoms with van der Waals surface area (Å²) in [6, 6.07) is 10.3. The standard InChI is InChI=1S/C22H22FN3O2S2/c1-25(13-18-14-30-21(24-18)19-6-3-9-29-19)22(28)16-7-8-20(27)26(12-16)11-15-4-2-5-17(23)10-15/h2-6,9-10,14,16H,7-8,11-13H2,1H3/t16-/m0/s1. The third-order valence-electron chi connectivity index (χ3n) is 5.17. The van der Waals surface area contributed by atoms with Crippen molar-refractivity contribution < 1.29 is 14.0 Å². The number of amides is 2. The van der Waals surface area contributed by atoms with Gasteiger partial charge in [-0.1, -0.05) is 18.2 Å². The molecule has 0 N–H and O–H groups in total. The monoisotopic (exact) mass is 443 g/mol. The molecule has 156 valence electrons. The van der Waals surface area contributed by atoms with Crippen molar-refractivity contribution in [1.82, 2.24) is 14.8 Å². The highest BCUT2D eigenvalue weighted by atomic mass is 32.1. The van der Waals surface area contributed by atoms with E-state index in [1.54, 1.807) is 51.7 Å². The van der Waals surface area contributed by atoms with Gasteiger partial charge in [0.05, 0.1) is 23.0 Å². The molecule has 2 aromatic heterocycles. The number of benzene rings is 1. The lowest BCUT2D eigenvalue weighted by Gasteiger charge is -2.33. The van der Waals surface area contributed by atoms with Gasteiger partial charge in [-0.05, 0) is 35.6 Å². The summed E-state index contributed by atoms with van der Waals surface area (Å²) < 4.78 is 13.5. The molecule has 3 aromatic rings. The zero-order valence-corrected chi connectivity index (χ0v) is 18.2. The van der Waals surface area contributed by atoms with E-state index in [9.17, 15) is 14.0 Å². The third kappa shape index (κ3) is 4.76. The minimum atomic E-state index is -0.325. The van der Waals surface area contributed by atoms with E-state index in [0.717, 1.165) is 21.1 Å². The van der Waals surface area contributed by atoms with Crippen molar-refractivity contribution in [2.45, 2.75) is 25.9 Å². The molecular weight excluding hydrogens is 421 g/mol. The Morgan fingerprint density at radius 1 is 1.30 bits per heavy atom. The zero-order chi connectivity index (χ0) is 21.1. The number of thiazole rings is 1. The molecule has 0 saturated carbocycles. The van der Waals surface area contributed by atoms with E-state index < -0.39 is 0 Å². The van der Waals surface area contributed by atoms with Crippen LogP contribution in [0.1, 0.15) is 24.1 Å². The number of hydrogen-bond acceptors (Lipinski definition) is 5. The summed E-state index contributed by atoms with van der Waals surface area (Å²) in [5.74, 6) is -0.561. The Labute approximate surface area is 182 Å². The van der Waals surface area contributed by atoms with E-state index in [1.165, 1.54) is 12.1 Å². The van der Waals surface area contributed by atoms with Crippen LogP contribution in [-0.2, 0) is 22.7 Å². The molecule has 2 amide bonds. The lowest BCUT2D eigenvalue weighted by Crippen LogP contribution is -2.45. The molecule has 4 rings (SSSR count). The van der Waals surface area contributed by atoms with Crippen molar-refractivity contribution in [2.24, 2.45) is 5.92 Å². The highest BCUT2D eigenvalue weighted by molar-refractivity contribution is 7.20. The molecule has 30 heavy (non-hydrogen) atoms. The number of carbonyl (C=O) groups excluding carboxylic acids is 2. The van der Waals surface area contributed by atoms with Gasteiger partial charge in [0.1, 0.15) is 10.8 Å². The van der Waals surface area contributed by atoms with Gasteiger partial charge < -0.3 is 9.80 Å². The first-order chi connectivity index (χ1) is 14.5. The van der Waals surface area contributed by atoms with Gasteiger partial charge in [0.25, 0.3) is 0 Å². The first-order valence-electron chi connectivity index (χ1n) is 9.75. The molecule has 8 heteroatoms. The van der Waals surface area contributed by atoms with E-state index in [2.05, 4.69) is 4.98 Å². The number of thiophene rings is 1. The number of nitrogens with zero attached hydrogens (tertiary/aromatic N) is 3. The van der Waals surface area contributed by atoms with Crippen LogP contribution in [0.2, 0.25) is 0 Å². The van der Waals surface area contributed by atoms with E-state index in [0.29, 0.717) is 32.5 Å². The quantitative estimate of drug-likeness (QED) is 0.567. The number of hydrogen-bond donors (Lipinski definition) is 0. The third-order valence-corrected chi connectivity index (χ3v) is 7.10. The average Bonchev–Trinajstić information content (AvgIpc) is 3.41. The molecule has 0 bridgehead atoms. The summed E-state index contributed by atoms with van der Waals surface area (Å²) in [7, 11) is 1.78. The van der Waals surface area contributed by atoms with Gasteiger partial charge in [-0.15, -0.1) is 22.7 Å². The second kappa shape index (κ2) is 9.06. The van der Waals surface area contributed by atoms with Crippen molar-refractivity contribution in [3.05, 3.63) is 64.2 Å². The number of aromatic nitrogens is 1. The Bertz CT molecular complexity index is 1030. The fraction of sp³-hybridized carbons (Fsp3) is 0.318. The number of carbonyl (C=O) groups is 2. The van der Waals surface area contributed by atoms with Crippen LogP contribution >= 0.6 is 22.7 Å². The first-order valence-corrected chi connectivity index (χ1v) is 11.5. The number of halogens is 1. The van der Waals surface area contributed by atoms with Gasteiger partial charge in [0.15, 0.2) is 0 Å². The highest BCUT2D eigenvalue weighted by Gasteiger charge is 2.32. The van der Waals surface area contributed by atoms with Crippen LogP contribution in [0.3, 0.4) is 0 Å². The Hall–Kier alpha value is -2.58. The maximum Gasteiger partial charge on any atom is 0.227 e. The van der Waals surface area contributed by atoms with Crippen LogP contribution in [0.25, 0.3) is 9.88 Å². The maximum absolute atomic E-state index is 13.5. The second-order valence-corrected chi connectivity index (χ2v) is 9.26. The fourth-order valence-electron chi connectivity index (χ4n) is 3.65. The molecule has 0 unspecified atom stereocenters. The minimum absolute atomic E-state index is 0.00561. The summed E-state index contributed by atoms with van der Waals surface area (Å²) in [6.07, 6.45) is 0.873. The predicted molar refractivity (Wildman–Crippen MR) is 116 cm³/mol. The molecule has 0 spiro atoms. The minimum Gasteiger partial charge on any atom is -0.340 e. The second-order valence-electron chi connectivity index (χ2n) is 7.46. The lowest BCUT2D eigenvalue weighted by atomic mass is 9.95. The molecule has 1 aliphatic rings. The molecule has 0 radical (unpaired) electrons. The van der Waals surface area contributed by atoms with Crippen molar-refractivity contribution in [2.75, 3.05) is 13.6 Å². The molecule has 3 heterocycles. The molecule has 1 saturated heterocycles. The molecule has 1 fully saturated rings. The number of likely N-dealkylation sites (tertiary alicyclic amines) is 1. The van der Waals surface area contributed by atoms with Gasteiger partial charge >= 0.3 is 0 Å². The predicted octanol–water partition coefficient (Wildman–Crippen LogP) is 4.41. The molecule has 5 nitrogen and oxygen atoms in total. The van der Waals surface area contributed by atoms with Gasteiger partial charge in [-0.3, -0.25) is 9.59 Å². The summed E-state index contributed by atoms with van der Waals surface area (Å²) in [6.45, 7) is 1.12. The highest BCUT2D eigenvalue weighted by Crippen LogP contribution is 2.28. The summed E-state index contributed by atoms with van der Waals surface area (Å²) in [4.78, 5) is 34.4. The normalized spacial score (nSPS) is 16.7. The molecular formula is C22H22FN3O2S2. The summed E-state index contributed by atoms with van der Waals surface area (Å²) >= 11 is 3.22. The zero-order valence-electron chi connectivity index (χ0n) is 16.6. The van der Waals surface area contributed by atoms with E-state index >= 15 is 0 Å². The largest absolute Gasteiger partial charge is 0.340 e. The van der Waals surface area contributed by atoms with Crippen molar-refractivity contribution >= 4 is 34.5 Å². The van der Waals surface area contributed by atoms with E-state index in [4.69, 9.17) is 0 Å². The topological polar surface area (TPSA) is 53.5 Å². The maximum atomic E-state index is 13.5. The number of rotatable bonds is 6. The Kier molecular flexibility index (Phi) is 6.24. The molecule has 1 atom stereocenters. The van der Waals surface area contributed by atoms with E-state index in [-0.39, 0.29) is 23.5 Å².